The maximum atomic E-state index is 12.5. The molecule has 4 aliphatic carbocycles. The Kier molecular flexibility index (Phi) is 4.94. The van der Waals surface area contributed by atoms with Gasteiger partial charge in [-0.3, -0.25) is 0 Å². The lowest BCUT2D eigenvalue weighted by atomic mass is 9.45. The first-order valence-electron chi connectivity index (χ1n) is 10.4. The van der Waals surface area contributed by atoms with E-state index >= 15 is 0 Å². The van der Waals surface area contributed by atoms with E-state index in [9.17, 15) is 8.42 Å². The Morgan fingerprint density at radius 2 is 1.73 bits per heavy atom. The molecule has 2 unspecified atom stereocenters. The molecule has 0 heterocycles. The number of rotatable bonds is 7. The van der Waals surface area contributed by atoms with Crippen molar-refractivity contribution in [2.45, 2.75) is 58.1 Å². The number of sulfonamides is 1. The van der Waals surface area contributed by atoms with E-state index in [1.165, 1.54) is 38.5 Å². The minimum atomic E-state index is -3.25. The molecule has 1 aromatic rings. The summed E-state index contributed by atoms with van der Waals surface area (Å²) in [5, 5.41) is 0. The van der Waals surface area contributed by atoms with Crippen molar-refractivity contribution in [2.24, 2.45) is 35.0 Å². The highest BCUT2D eigenvalue weighted by atomic mass is 32.2. The maximum absolute atomic E-state index is 12.5. The van der Waals surface area contributed by atoms with E-state index in [1.54, 1.807) is 0 Å². The quantitative estimate of drug-likeness (QED) is 0.757. The SMILES string of the molecule is CC(C)CC12CC3CC(C1)C(CNS(=O)(=O)Cc1ccccc1)C(C3)C2. The van der Waals surface area contributed by atoms with Gasteiger partial charge < -0.3 is 0 Å². The van der Waals surface area contributed by atoms with Gasteiger partial charge in [0.25, 0.3) is 0 Å². The largest absolute Gasteiger partial charge is 0.215 e. The monoisotopic (exact) mass is 375 g/mol. The van der Waals surface area contributed by atoms with Crippen LogP contribution in [0.3, 0.4) is 0 Å². The highest BCUT2D eigenvalue weighted by Gasteiger charge is 2.54. The normalized spacial score (nSPS) is 36.0. The van der Waals surface area contributed by atoms with Gasteiger partial charge >= 0.3 is 0 Å². The second kappa shape index (κ2) is 6.94. The van der Waals surface area contributed by atoms with Crippen molar-refractivity contribution >= 4 is 10.0 Å². The number of hydrogen-bond acceptors (Lipinski definition) is 2. The zero-order valence-electron chi connectivity index (χ0n) is 16.2. The summed E-state index contributed by atoms with van der Waals surface area (Å²) < 4.78 is 28.0. The van der Waals surface area contributed by atoms with Gasteiger partial charge in [-0.25, -0.2) is 13.1 Å². The highest BCUT2D eigenvalue weighted by Crippen LogP contribution is 2.63. The van der Waals surface area contributed by atoms with Gasteiger partial charge in [-0.1, -0.05) is 44.2 Å². The second-order valence-electron chi connectivity index (χ2n) is 9.82. The molecule has 0 saturated heterocycles. The Hall–Kier alpha value is -0.870. The maximum Gasteiger partial charge on any atom is 0.215 e. The summed E-state index contributed by atoms with van der Waals surface area (Å²) in [6, 6.07) is 9.49. The van der Waals surface area contributed by atoms with Crippen LogP contribution < -0.4 is 4.72 Å². The lowest BCUT2D eigenvalue weighted by Gasteiger charge is -2.61. The average Bonchev–Trinajstić information content (AvgIpc) is 2.52. The predicted octanol–water partition coefficient (Wildman–Crippen LogP) is 4.59. The number of benzene rings is 1. The highest BCUT2D eigenvalue weighted by molar-refractivity contribution is 7.88. The van der Waals surface area contributed by atoms with Gasteiger partial charge in [0.15, 0.2) is 0 Å². The summed E-state index contributed by atoms with van der Waals surface area (Å²) in [7, 11) is -3.25. The summed E-state index contributed by atoms with van der Waals surface area (Å²) in [6.07, 6.45) is 8.14. The van der Waals surface area contributed by atoms with E-state index in [1.807, 2.05) is 30.3 Å². The fourth-order valence-electron chi connectivity index (χ4n) is 6.82. The fourth-order valence-corrected chi connectivity index (χ4v) is 7.99. The van der Waals surface area contributed by atoms with Gasteiger partial charge in [0.2, 0.25) is 10.0 Å². The van der Waals surface area contributed by atoms with Crippen LogP contribution in [-0.2, 0) is 15.8 Å². The Morgan fingerprint density at radius 1 is 1.08 bits per heavy atom. The molecule has 4 aliphatic rings. The molecule has 4 saturated carbocycles. The molecule has 26 heavy (non-hydrogen) atoms. The van der Waals surface area contributed by atoms with Gasteiger partial charge in [-0.05, 0) is 79.1 Å². The standard InChI is InChI=1S/C22H33NO2S/c1-16(2)10-22-11-18-8-19(12-22)21(20(9-18)13-22)14-23-26(24,25)15-17-6-4-3-5-7-17/h3-7,16,18-21,23H,8-15H2,1-2H3. The molecule has 3 nitrogen and oxygen atoms in total. The molecule has 1 N–H and O–H groups in total. The Morgan fingerprint density at radius 3 is 2.35 bits per heavy atom. The lowest BCUT2D eigenvalue weighted by molar-refractivity contribution is -0.101. The van der Waals surface area contributed by atoms with Crippen molar-refractivity contribution < 1.29 is 8.42 Å². The van der Waals surface area contributed by atoms with Crippen LogP contribution in [0.4, 0.5) is 0 Å². The van der Waals surface area contributed by atoms with Crippen LogP contribution in [0, 0.1) is 35.0 Å². The molecule has 2 atom stereocenters. The summed E-state index contributed by atoms with van der Waals surface area (Å²) >= 11 is 0. The Labute approximate surface area is 159 Å². The van der Waals surface area contributed by atoms with Crippen molar-refractivity contribution in [3.63, 3.8) is 0 Å². The first-order chi connectivity index (χ1) is 12.3. The van der Waals surface area contributed by atoms with Gasteiger partial charge in [-0.15, -0.1) is 0 Å². The van der Waals surface area contributed by atoms with Crippen LogP contribution in [0.15, 0.2) is 30.3 Å². The molecule has 144 valence electrons. The van der Waals surface area contributed by atoms with Crippen LogP contribution in [-0.4, -0.2) is 15.0 Å². The van der Waals surface area contributed by atoms with E-state index in [-0.39, 0.29) is 5.75 Å². The van der Waals surface area contributed by atoms with Crippen molar-refractivity contribution in [1.82, 2.24) is 4.72 Å². The van der Waals surface area contributed by atoms with E-state index in [0.29, 0.717) is 17.9 Å². The van der Waals surface area contributed by atoms with Crippen LogP contribution in [0.5, 0.6) is 0 Å². The van der Waals surface area contributed by atoms with Crippen LogP contribution >= 0.6 is 0 Å². The summed E-state index contributed by atoms with van der Waals surface area (Å²) in [4.78, 5) is 0. The Balaban J connectivity index is 1.39. The molecule has 4 bridgehead atoms. The van der Waals surface area contributed by atoms with Crippen LogP contribution in [0.25, 0.3) is 0 Å². The smallest absolute Gasteiger partial charge is 0.215 e. The molecule has 0 radical (unpaired) electrons. The van der Waals surface area contributed by atoms with Crippen molar-refractivity contribution in [3.05, 3.63) is 35.9 Å². The van der Waals surface area contributed by atoms with Crippen LogP contribution in [0.1, 0.15) is 57.9 Å². The molecule has 4 fully saturated rings. The zero-order valence-corrected chi connectivity index (χ0v) is 17.0. The minimum Gasteiger partial charge on any atom is -0.215 e. The van der Waals surface area contributed by atoms with E-state index in [0.717, 1.165) is 29.2 Å². The molecule has 1 aromatic carbocycles. The fraction of sp³-hybridized carbons (Fsp3) is 0.727. The summed E-state index contributed by atoms with van der Waals surface area (Å²) in [5.74, 6) is 3.80. The third-order valence-corrected chi connectivity index (χ3v) is 8.49. The molecule has 0 aromatic heterocycles. The minimum absolute atomic E-state index is 0.0931. The molecule has 4 heteroatoms. The topological polar surface area (TPSA) is 46.2 Å². The molecular weight excluding hydrogens is 342 g/mol. The molecule has 0 amide bonds. The van der Waals surface area contributed by atoms with Gasteiger partial charge in [0.1, 0.15) is 0 Å². The molecule has 5 rings (SSSR count). The zero-order chi connectivity index (χ0) is 18.4. The van der Waals surface area contributed by atoms with E-state index < -0.39 is 10.0 Å². The van der Waals surface area contributed by atoms with Crippen molar-refractivity contribution in [2.75, 3.05) is 6.54 Å². The third-order valence-electron chi connectivity index (χ3n) is 7.17. The number of hydrogen-bond donors (Lipinski definition) is 1. The van der Waals surface area contributed by atoms with Gasteiger partial charge in [-0.2, -0.15) is 0 Å². The third kappa shape index (κ3) is 3.87. The Bertz CT molecular complexity index is 708. The van der Waals surface area contributed by atoms with Gasteiger partial charge in [0, 0.05) is 6.54 Å². The second-order valence-corrected chi connectivity index (χ2v) is 11.6. The molecule has 0 spiro atoms. The van der Waals surface area contributed by atoms with Crippen molar-refractivity contribution in [3.8, 4) is 0 Å². The lowest BCUT2D eigenvalue weighted by Crippen LogP contribution is -2.53. The first-order valence-corrected chi connectivity index (χ1v) is 12.0. The number of nitrogens with one attached hydrogen (secondary N) is 1. The van der Waals surface area contributed by atoms with Crippen molar-refractivity contribution in [1.29, 1.82) is 0 Å². The van der Waals surface area contributed by atoms with E-state index in [4.69, 9.17) is 0 Å². The molecule has 0 aliphatic heterocycles. The predicted molar refractivity (Wildman–Crippen MR) is 106 cm³/mol. The average molecular weight is 376 g/mol. The van der Waals surface area contributed by atoms with E-state index in [2.05, 4.69) is 18.6 Å². The molecular formula is C22H33NO2S. The van der Waals surface area contributed by atoms with Gasteiger partial charge in [0.05, 0.1) is 5.75 Å². The summed E-state index contributed by atoms with van der Waals surface area (Å²) in [6.45, 7) is 5.36. The first kappa shape index (κ1) is 18.5. The van der Waals surface area contributed by atoms with Crippen LogP contribution in [0.2, 0.25) is 0 Å². The summed E-state index contributed by atoms with van der Waals surface area (Å²) in [5.41, 5.74) is 1.44.